The van der Waals surface area contributed by atoms with Crippen LogP contribution in [0.5, 0.6) is 0 Å². The van der Waals surface area contributed by atoms with E-state index in [0.717, 1.165) is 44.8 Å². The van der Waals surface area contributed by atoms with Crippen molar-refractivity contribution in [3.63, 3.8) is 0 Å². The molecule has 0 bridgehead atoms. The number of carbonyl (C=O) groups is 1. The minimum atomic E-state index is 0.0434. The van der Waals surface area contributed by atoms with Crippen molar-refractivity contribution in [2.75, 3.05) is 45.2 Å². The molecule has 0 saturated carbocycles. The molecule has 116 valence electrons. The normalized spacial score (nSPS) is 18.8. The number of aromatic nitrogens is 2. The molecule has 0 spiro atoms. The maximum Gasteiger partial charge on any atom is 0.225 e. The minimum absolute atomic E-state index is 0.0434. The molecule has 1 aliphatic rings. The lowest BCUT2D eigenvalue weighted by molar-refractivity contribution is -0.125. The molecule has 1 saturated heterocycles. The molecule has 6 heteroatoms. The number of hydrogen-bond donors (Lipinski definition) is 1. The molecule has 21 heavy (non-hydrogen) atoms. The molecule has 0 radical (unpaired) electrons. The van der Waals surface area contributed by atoms with Crippen LogP contribution in [-0.4, -0.2) is 61.0 Å². The molecule has 6 nitrogen and oxygen atoms in total. The van der Waals surface area contributed by atoms with E-state index in [1.165, 1.54) is 0 Å². The van der Waals surface area contributed by atoms with Gasteiger partial charge in [-0.25, -0.2) is 9.97 Å². The van der Waals surface area contributed by atoms with Crippen LogP contribution in [0.15, 0.2) is 18.5 Å². The number of anilines is 1. The molecule has 1 atom stereocenters. The third kappa shape index (κ3) is 4.97. The molecule has 0 unspecified atom stereocenters. The van der Waals surface area contributed by atoms with Crippen molar-refractivity contribution in [1.82, 2.24) is 20.2 Å². The molecule has 2 rings (SSSR count). The van der Waals surface area contributed by atoms with E-state index in [-0.39, 0.29) is 11.8 Å². The van der Waals surface area contributed by atoms with Crippen molar-refractivity contribution in [3.05, 3.63) is 18.5 Å². The Hall–Kier alpha value is -1.69. The number of hydrogen-bond acceptors (Lipinski definition) is 5. The summed E-state index contributed by atoms with van der Waals surface area (Å²) in [5.74, 6) is 0.930. The number of piperidine rings is 1. The zero-order chi connectivity index (χ0) is 15.1. The molecule has 1 N–H and O–H groups in total. The molecule has 0 aliphatic carbocycles. The van der Waals surface area contributed by atoms with Crippen LogP contribution in [0.2, 0.25) is 0 Å². The fraction of sp³-hybridized carbons (Fsp3) is 0.667. The molecule has 1 amide bonds. The van der Waals surface area contributed by atoms with Crippen LogP contribution in [0.1, 0.15) is 19.3 Å². The predicted octanol–water partition coefficient (Wildman–Crippen LogP) is 0.761. The highest BCUT2D eigenvalue weighted by molar-refractivity contribution is 5.79. The van der Waals surface area contributed by atoms with Gasteiger partial charge >= 0.3 is 0 Å². The van der Waals surface area contributed by atoms with Gasteiger partial charge in [-0.1, -0.05) is 0 Å². The van der Waals surface area contributed by atoms with E-state index < -0.39 is 0 Å². The summed E-state index contributed by atoms with van der Waals surface area (Å²) in [6, 6.07) is 1.81. The highest BCUT2D eigenvalue weighted by atomic mass is 16.1. The highest BCUT2D eigenvalue weighted by Crippen LogP contribution is 2.19. The second-order valence-electron chi connectivity index (χ2n) is 5.78. The third-order valence-corrected chi connectivity index (χ3v) is 3.71. The van der Waals surface area contributed by atoms with Gasteiger partial charge in [0.05, 0.1) is 5.92 Å². The van der Waals surface area contributed by atoms with Gasteiger partial charge in [-0.3, -0.25) is 4.79 Å². The van der Waals surface area contributed by atoms with Crippen LogP contribution in [0, 0.1) is 5.92 Å². The second-order valence-corrected chi connectivity index (χ2v) is 5.78. The first-order valence-corrected chi connectivity index (χ1v) is 7.61. The standard InChI is InChI=1S/C15H25N5O/c1-19(2)10-5-9-16-14(21)13-6-3-11-20(12-13)15-17-7-4-8-18-15/h4,7-8,13H,3,5-6,9-12H2,1-2H3,(H,16,21)/t13-/m1/s1. The molecule has 1 aromatic rings. The van der Waals surface area contributed by atoms with Crippen LogP contribution in [-0.2, 0) is 4.79 Å². The number of nitrogens with zero attached hydrogens (tertiary/aromatic N) is 4. The summed E-state index contributed by atoms with van der Waals surface area (Å²) in [6.07, 6.45) is 6.42. The first kappa shape index (κ1) is 15.7. The highest BCUT2D eigenvalue weighted by Gasteiger charge is 2.26. The van der Waals surface area contributed by atoms with E-state index in [9.17, 15) is 4.79 Å². The first-order valence-electron chi connectivity index (χ1n) is 7.61. The Kier molecular flexibility index (Phi) is 5.92. The van der Waals surface area contributed by atoms with Crippen molar-refractivity contribution in [3.8, 4) is 0 Å². The average Bonchev–Trinajstić information content (AvgIpc) is 2.52. The van der Waals surface area contributed by atoms with E-state index in [2.05, 4.69) is 25.1 Å². The Morgan fingerprint density at radius 3 is 2.90 bits per heavy atom. The SMILES string of the molecule is CN(C)CCCNC(=O)[C@@H]1CCCN(c2ncccn2)C1. The summed E-state index contributed by atoms with van der Waals surface area (Å²) < 4.78 is 0. The summed E-state index contributed by atoms with van der Waals surface area (Å²) in [4.78, 5) is 25.0. The number of nitrogens with one attached hydrogen (secondary N) is 1. The second kappa shape index (κ2) is 7.93. The topological polar surface area (TPSA) is 61.4 Å². The van der Waals surface area contributed by atoms with Crippen molar-refractivity contribution in [1.29, 1.82) is 0 Å². The maximum absolute atomic E-state index is 12.2. The zero-order valence-electron chi connectivity index (χ0n) is 13.0. The van der Waals surface area contributed by atoms with E-state index in [4.69, 9.17) is 0 Å². The molecular weight excluding hydrogens is 266 g/mol. The van der Waals surface area contributed by atoms with Crippen molar-refractivity contribution >= 4 is 11.9 Å². The van der Waals surface area contributed by atoms with Gasteiger partial charge in [-0.2, -0.15) is 0 Å². The van der Waals surface area contributed by atoms with Gasteiger partial charge in [-0.15, -0.1) is 0 Å². The first-order chi connectivity index (χ1) is 10.2. The lowest BCUT2D eigenvalue weighted by Gasteiger charge is -2.31. The van der Waals surface area contributed by atoms with Gasteiger partial charge in [0.2, 0.25) is 11.9 Å². The Morgan fingerprint density at radius 2 is 2.19 bits per heavy atom. The maximum atomic E-state index is 12.2. The van der Waals surface area contributed by atoms with E-state index in [0.29, 0.717) is 6.54 Å². The Balaban J connectivity index is 1.79. The average molecular weight is 291 g/mol. The zero-order valence-corrected chi connectivity index (χ0v) is 13.0. The van der Waals surface area contributed by atoms with Gasteiger partial charge in [-0.05, 0) is 46.0 Å². The van der Waals surface area contributed by atoms with Gasteiger partial charge in [0.15, 0.2) is 0 Å². The minimum Gasteiger partial charge on any atom is -0.356 e. The number of amides is 1. The molecule has 1 aromatic heterocycles. The Labute approximate surface area is 126 Å². The number of carbonyl (C=O) groups excluding carboxylic acids is 1. The van der Waals surface area contributed by atoms with Crippen LogP contribution >= 0.6 is 0 Å². The van der Waals surface area contributed by atoms with Crippen LogP contribution < -0.4 is 10.2 Å². The smallest absolute Gasteiger partial charge is 0.225 e. The summed E-state index contributed by atoms with van der Waals surface area (Å²) in [5.41, 5.74) is 0. The third-order valence-electron chi connectivity index (χ3n) is 3.71. The van der Waals surface area contributed by atoms with E-state index in [1.807, 2.05) is 20.2 Å². The Morgan fingerprint density at radius 1 is 1.43 bits per heavy atom. The van der Waals surface area contributed by atoms with E-state index in [1.54, 1.807) is 12.4 Å². The molecule has 1 fully saturated rings. The monoisotopic (exact) mass is 291 g/mol. The van der Waals surface area contributed by atoms with E-state index >= 15 is 0 Å². The number of rotatable bonds is 6. The Bertz CT molecular complexity index is 437. The summed E-state index contributed by atoms with van der Waals surface area (Å²) in [5, 5.41) is 3.05. The summed E-state index contributed by atoms with van der Waals surface area (Å²) in [7, 11) is 4.08. The molecular formula is C15H25N5O. The summed E-state index contributed by atoms with van der Waals surface area (Å²) >= 11 is 0. The van der Waals surface area contributed by atoms with Gasteiger partial charge in [0, 0.05) is 32.0 Å². The van der Waals surface area contributed by atoms with Crippen molar-refractivity contribution < 1.29 is 4.79 Å². The fourth-order valence-electron chi connectivity index (χ4n) is 2.58. The predicted molar refractivity (Wildman–Crippen MR) is 83.1 cm³/mol. The fourth-order valence-corrected chi connectivity index (χ4v) is 2.58. The molecule has 0 aromatic carbocycles. The molecule has 2 heterocycles. The largest absolute Gasteiger partial charge is 0.356 e. The van der Waals surface area contributed by atoms with Crippen molar-refractivity contribution in [2.24, 2.45) is 5.92 Å². The van der Waals surface area contributed by atoms with Gasteiger partial charge in [0.25, 0.3) is 0 Å². The van der Waals surface area contributed by atoms with Crippen LogP contribution in [0.25, 0.3) is 0 Å². The van der Waals surface area contributed by atoms with Crippen LogP contribution in [0.3, 0.4) is 0 Å². The van der Waals surface area contributed by atoms with Gasteiger partial charge in [0.1, 0.15) is 0 Å². The summed E-state index contributed by atoms with van der Waals surface area (Å²) in [6.45, 7) is 3.38. The lowest BCUT2D eigenvalue weighted by Crippen LogP contribution is -2.44. The van der Waals surface area contributed by atoms with Crippen molar-refractivity contribution in [2.45, 2.75) is 19.3 Å². The van der Waals surface area contributed by atoms with Crippen LogP contribution in [0.4, 0.5) is 5.95 Å². The quantitative estimate of drug-likeness (QED) is 0.784. The molecule has 1 aliphatic heterocycles. The lowest BCUT2D eigenvalue weighted by atomic mass is 9.97. The van der Waals surface area contributed by atoms with Gasteiger partial charge < -0.3 is 15.1 Å².